The fourth-order valence-electron chi connectivity index (χ4n) is 16.4. The molecule has 423 valence electrons. The zero-order valence-electron chi connectivity index (χ0n) is 52.6. The Bertz CT molecular complexity index is 4480. The fourth-order valence-corrected chi connectivity index (χ4v) is 17.6. The maximum Gasteiger partial charge on any atom is 0.212 e. The van der Waals surface area contributed by atoms with Gasteiger partial charge in [0.2, 0.25) is 7.28 Å². The average molecular weight is 1110 g/mol. The Morgan fingerprint density at radius 2 is 0.928 bits per heavy atom. The lowest BCUT2D eigenvalue weighted by atomic mass is 9.61. The third-order valence-electron chi connectivity index (χ3n) is 22.5. The quantitative estimate of drug-likeness (QED) is 0.178. The average Bonchev–Trinajstić information content (AvgIpc) is 2.00. The first-order valence-corrected chi connectivity index (χ1v) is 32.1. The summed E-state index contributed by atoms with van der Waals surface area (Å²) in [4.78, 5) is 2.69. The maximum absolute atomic E-state index is 7.39. The minimum Gasteiger partial charge on any atom is -0.456 e. The van der Waals surface area contributed by atoms with Crippen molar-refractivity contribution in [3.8, 4) is 11.1 Å². The van der Waals surface area contributed by atoms with Crippen LogP contribution in [0.1, 0.15) is 212 Å². The molecule has 0 saturated heterocycles. The summed E-state index contributed by atoms with van der Waals surface area (Å²) < 4.78 is 17.3. The molecule has 1 N–H and O–H groups in total. The van der Waals surface area contributed by atoms with Gasteiger partial charge in [-0.2, -0.15) is 0 Å². The molecule has 3 aromatic heterocycles. The van der Waals surface area contributed by atoms with E-state index in [2.05, 4.69) is 232 Å². The summed E-state index contributed by atoms with van der Waals surface area (Å²) in [6.07, 6.45) is 9.27. The van der Waals surface area contributed by atoms with Crippen molar-refractivity contribution in [1.29, 1.82) is 0 Å². The molecule has 5 aliphatic rings. The van der Waals surface area contributed by atoms with Crippen LogP contribution in [0.3, 0.4) is 0 Å². The molecule has 10 aromatic rings. The van der Waals surface area contributed by atoms with Gasteiger partial charge in [0.05, 0.1) is 11.4 Å². The van der Waals surface area contributed by atoms with Crippen LogP contribution in [0.25, 0.3) is 65.1 Å². The molecule has 15 rings (SSSR count). The number of hydrogen-bond acceptors (Lipinski definition) is 5. The van der Waals surface area contributed by atoms with Gasteiger partial charge in [0.15, 0.2) is 5.58 Å². The lowest BCUT2D eigenvalue weighted by Gasteiger charge is -2.43. The SMILES string of the molecule is Cc1cc2c(cc1N1c3c(sc4cc5c(cc34)C(C)(C)CCC5(C)C)[B]c3c(-c4cc5oc6cc7c(cc6c5cc4Nc4ccc5c(c4)C(C)(C)CCC5(C)C)C(C)(C)CCC7(C)C)cc4c(oc5ccccc54)c31)C(C)(C)CCC2(C)C. The molecule has 4 nitrogen and oxygen atoms in total. The van der Waals surface area contributed by atoms with Crippen molar-refractivity contribution in [1.82, 2.24) is 0 Å². The molecule has 83 heavy (non-hydrogen) atoms. The molecule has 4 aliphatic carbocycles. The third kappa shape index (κ3) is 7.81. The molecular weight excluding hydrogens is 1030 g/mol. The van der Waals surface area contributed by atoms with Crippen molar-refractivity contribution >= 4 is 111 Å². The smallest absolute Gasteiger partial charge is 0.212 e. The fraction of sp³-hybridized carbons (Fsp3) is 0.429. The molecule has 4 heterocycles. The Hall–Kier alpha value is -6.24. The number of thiophene rings is 1. The van der Waals surface area contributed by atoms with E-state index >= 15 is 0 Å². The molecule has 0 unspecified atom stereocenters. The highest BCUT2D eigenvalue weighted by atomic mass is 32.1. The Balaban J connectivity index is 1.06. The summed E-state index contributed by atoms with van der Waals surface area (Å²) in [6.45, 7) is 41.5. The van der Waals surface area contributed by atoms with Crippen molar-refractivity contribution in [3.05, 3.63) is 147 Å². The van der Waals surface area contributed by atoms with E-state index in [0.717, 1.165) is 111 Å². The second-order valence-corrected chi connectivity index (χ2v) is 33.0. The van der Waals surface area contributed by atoms with E-state index in [4.69, 9.17) is 8.83 Å². The van der Waals surface area contributed by atoms with Crippen LogP contribution in [-0.4, -0.2) is 7.28 Å². The van der Waals surface area contributed by atoms with E-state index in [9.17, 15) is 0 Å². The van der Waals surface area contributed by atoms with Gasteiger partial charge >= 0.3 is 0 Å². The van der Waals surface area contributed by atoms with Crippen molar-refractivity contribution in [3.63, 3.8) is 0 Å². The molecule has 0 atom stereocenters. The van der Waals surface area contributed by atoms with Crippen LogP contribution < -0.4 is 20.5 Å². The molecule has 1 radical (unpaired) electrons. The van der Waals surface area contributed by atoms with E-state index in [1.807, 2.05) is 11.3 Å². The lowest BCUT2D eigenvalue weighted by molar-refractivity contribution is 0.332. The molecule has 1 aliphatic heterocycles. The van der Waals surface area contributed by atoms with Crippen LogP contribution in [0.15, 0.2) is 106 Å². The van der Waals surface area contributed by atoms with Crippen molar-refractivity contribution in [2.45, 2.75) is 212 Å². The number of hydrogen-bond donors (Lipinski definition) is 1. The highest BCUT2D eigenvalue weighted by molar-refractivity contribution is 7.29. The van der Waals surface area contributed by atoms with Gasteiger partial charge in [0.25, 0.3) is 0 Å². The number of nitrogens with one attached hydrogen (secondary N) is 1. The molecule has 7 aromatic carbocycles. The lowest BCUT2D eigenvalue weighted by Crippen LogP contribution is -2.40. The Morgan fingerprint density at radius 1 is 0.422 bits per heavy atom. The summed E-state index contributed by atoms with van der Waals surface area (Å²) >= 11 is 1.96. The van der Waals surface area contributed by atoms with E-state index in [0.29, 0.717) is 0 Å². The van der Waals surface area contributed by atoms with E-state index in [1.54, 1.807) is 0 Å². The first-order valence-electron chi connectivity index (χ1n) is 31.3. The Labute approximate surface area is 498 Å². The summed E-state index contributed by atoms with van der Waals surface area (Å²) in [7, 11) is 2.54. The number of aryl methyl sites for hydroxylation is 1. The predicted octanol–water partition coefficient (Wildman–Crippen LogP) is 21.3. The van der Waals surface area contributed by atoms with Crippen LogP contribution in [0.2, 0.25) is 0 Å². The Morgan fingerprint density at radius 3 is 1.55 bits per heavy atom. The highest BCUT2D eigenvalue weighted by Crippen LogP contribution is 2.57. The van der Waals surface area contributed by atoms with Gasteiger partial charge in [-0.15, -0.1) is 11.3 Å². The van der Waals surface area contributed by atoms with Crippen LogP contribution in [0, 0.1) is 6.92 Å². The first-order chi connectivity index (χ1) is 38.9. The van der Waals surface area contributed by atoms with Gasteiger partial charge in [-0.25, -0.2) is 0 Å². The number of anilines is 5. The maximum atomic E-state index is 7.39. The first kappa shape index (κ1) is 53.5. The van der Waals surface area contributed by atoms with Gasteiger partial charge in [-0.05, 0) is 234 Å². The molecule has 0 fully saturated rings. The zero-order valence-corrected chi connectivity index (χ0v) is 53.5. The van der Waals surface area contributed by atoms with Gasteiger partial charge in [-0.3, -0.25) is 0 Å². The molecule has 0 bridgehead atoms. The van der Waals surface area contributed by atoms with Crippen molar-refractivity contribution in [2.75, 3.05) is 10.2 Å². The van der Waals surface area contributed by atoms with Crippen LogP contribution >= 0.6 is 11.3 Å². The summed E-state index contributed by atoms with van der Waals surface area (Å²) in [5.74, 6) is 0. The van der Waals surface area contributed by atoms with Gasteiger partial charge < -0.3 is 19.1 Å². The number of furan rings is 2. The van der Waals surface area contributed by atoms with Gasteiger partial charge in [0, 0.05) is 54.3 Å². The van der Waals surface area contributed by atoms with Gasteiger partial charge in [0.1, 0.15) is 16.7 Å². The normalized spacial score (nSPS) is 20.8. The van der Waals surface area contributed by atoms with Crippen molar-refractivity contribution < 1.29 is 8.83 Å². The largest absolute Gasteiger partial charge is 0.456 e. The van der Waals surface area contributed by atoms with Crippen LogP contribution in [0.5, 0.6) is 0 Å². The topological polar surface area (TPSA) is 41.6 Å². The summed E-state index contributed by atoms with van der Waals surface area (Å²) in [5, 5.41) is 10.1. The molecule has 0 saturated carbocycles. The van der Waals surface area contributed by atoms with E-state index in [-0.39, 0.29) is 43.3 Å². The van der Waals surface area contributed by atoms with Crippen molar-refractivity contribution in [2.24, 2.45) is 0 Å². The highest BCUT2D eigenvalue weighted by Gasteiger charge is 2.44. The minimum absolute atomic E-state index is 0.00219. The third-order valence-corrected chi connectivity index (χ3v) is 23.6. The Kier molecular flexibility index (Phi) is 11.0. The predicted molar refractivity (Wildman–Crippen MR) is 357 cm³/mol. The van der Waals surface area contributed by atoms with Crippen LogP contribution in [-0.2, 0) is 43.3 Å². The molecule has 0 spiro atoms. The second-order valence-electron chi connectivity index (χ2n) is 31.9. The standard InChI is InChI=1S/C77H84BN2O2S/c1-42-32-52-56(75(12,13)29-26-71(52,4)5)39-60(42)80-66-50-36-55-58(77(16,17)31-28-74(55,10)11)41-64(50)83-69(66)78-65-48(34-49-44-20-18-19-21-61(44)82-68(49)67(65)80)45-38-62-47(46-35-54-57(40-63(46)81-62)76(14,15)30-27-73(54,8)9)37-59(45)79-43-22-23-51-53(33-43)72(6,7)25-24-70(51,2)3/h18-23,32-41,79H,24-31H2,1-17H3. The number of fused-ring (bicyclic) bond motifs is 15. The summed E-state index contributed by atoms with van der Waals surface area (Å²) in [5.41, 5.74) is 26.2. The number of benzene rings is 7. The zero-order chi connectivity index (χ0) is 58.2. The molecule has 0 amide bonds. The summed E-state index contributed by atoms with van der Waals surface area (Å²) in [6, 6.07) is 38.5. The monoisotopic (exact) mass is 1110 g/mol. The molecule has 6 heteroatoms. The van der Waals surface area contributed by atoms with Gasteiger partial charge in [-0.1, -0.05) is 141 Å². The number of nitrogens with zero attached hydrogens (tertiary/aromatic N) is 1. The van der Waals surface area contributed by atoms with E-state index in [1.165, 1.54) is 94.5 Å². The number of para-hydroxylation sites is 1. The number of rotatable bonds is 4. The van der Waals surface area contributed by atoms with E-state index < -0.39 is 0 Å². The van der Waals surface area contributed by atoms with Crippen LogP contribution in [0.4, 0.5) is 28.4 Å². The molecular formula is C77H84BN2O2S. The minimum atomic E-state index is -0.00219. The second kappa shape index (κ2) is 17.0.